The van der Waals surface area contributed by atoms with Crippen molar-refractivity contribution in [1.82, 2.24) is 9.55 Å². The SMILES string of the molecule is COc1ccc(C2CC(=O)Nc3ncn(-c4ccc(F)cc4)c32)cc1OC. The highest BCUT2D eigenvalue weighted by Gasteiger charge is 2.31. The molecular formula is C20H18FN3O3. The lowest BCUT2D eigenvalue weighted by Gasteiger charge is -2.25. The average Bonchev–Trinajstić information content (AvgIpc) is 3.11. The molecule has 0 fully saturated rings. The number of rotatable bonds is 4. The van der Waals surface area contributed by atoms with Gasteiger partial charge in [-0.05, 0) is 42.0 Å². The second kappa shape index (κ2) is 6.75. The summed E-state index contributed by atoms with van der Waals surface area (Å²) in [6.45, 7) is 0. The highest BCUT2D eigenvalue weighted by molar-refractivity contribution is 5.94. The molecule has 27 heavy (non-hydrogen) atoms. The summed E-state index contributed by atoms with van der Waals surface area (Å²) >= 11 is 0. The average molecular weight is 367 g/mol. The van der Waals surface area contributed by atoms with Gasteiger partial charge in [-0.15, -0.1) is 0 Å². The predicted molar refractivity (Wildman–Crippen MR) is 98.2 cm³/mol. The third-order valence-electron chi connectivity index (χ3n) is 4.70. The molecule has 1 unspecified atom stereocenters. The second-order valence-corrected chi connectivity index (χ2v) is 6.24. The monoisotopic (exact) mass is 367 g/mol. The van der Waals surface area contributed by atoms with Gasteiger partial charge < -0.3 is 19.4 Å². The van der Waals surface area contributed by atoms with Gasteiger partial charge in [0.05, 0.1) is 19.9 Å². The Balaban J connectivity index is 1.84. The smallest absolute Gasteiger partial charge is 0.226 e. The molecule has 1 atom stereocenters. The molecule has 1 aliphatic rings. The number of amides is 1. The van der Waals surface area contributed by atoms with Crippen molar-refractivity contribution >= 4 is 11.7 Å². The van der Waals surface area contributed by atoms with E-state index in [4.69, 9.17) is 9.47 Å². The maximum absolute atomic E-state index is 13.3. The van der Waals surface area contributed by atoms with Crippen LogP contribution in [-0.2, 0) is 4.79 Å². The van der Waals surface area contributed by atoms with E-state index in [9.17, 15) is 9.18 Å². The third-order valence-corrected chi connectivity index (χ3v) is 4.70. The Kier molecular flexibility index (Phi) is 4.27. The van der Waals surface area contributed by atoms with Crippen LogP contribution in [0.2, 0.25) is 0 Å². The fraction of sp³-hybridized carbons (Fsp3) is 0.200. The molecule has 2 aromatic carbocycles. The lowest BCUT2D eigenvalue weighted by molar-refractivity contribution is -0.116. The van der Waals surface area contributed by atoms with E-state index < -0.39 is 0 Å². The number of carbonyl (C=O) groups excluding carboxylic acids is 1. The summed E-state index contributed by atoms with van der Waals surface area (Å²) in [6.07, 6.45) is 1.91. The fourth-order valence-electron chi connectivity index (χ4n) is 3.41. The minimum Gasteiger partial charge on any atom is -0.493 e. The molecule has 0 bridgehead atoms. The van der Waals surface area contributed by atoms with Gasteiger partial charge >= 0.3 is 0 Å². The number of nitrogens with one attached hydrogen (secondary N) is 1. The molecule has 0 radical (unpaired) electrons. The molecule has 2 heterocycles. The van der Waals surface area contributed by atoms with E-state index in [1.807, 2.05) is 22.8 Å². The Morgan fingerprint density at radius 2 is 1.85 bits per heavy atom. The van der Waals surface area contributed by atoms with Crippen LogP contribution in [0.4, 0.5) is 10.2 Å². The molecule has 138 valence electrons. The van der Waals surface area contributed by atoms with Gasteiger partial charge in [0, 0.05) is 18.0 Å². The number of ether oxygens (including phenoxy) is 2. The van der Waals surface area contributed by atoms with Crippen molar-refractivity contribution in [1.29, 1.82) is 0 Å². The van der Waals surface area contributed by atoms with Gasteiger partial charge in [0.25, 0.3) is 0 Å². The quantitative estimate of drug-likeness (QED) is 0.766. The molecule has 1 aliphatic heterocycles. The van der Waals surface area contributed by atoms with Crippen LogP contribution < -0.4 is 14.8 Å². The molecule has 7 heteroatoms. The molecule has 0 saturated carbocycles. The molecule has 1 N–H and O–H groups in total. The van der Waals surface area contributed by atoms with E-state index in [-0.39, 0.29) is 24.1 Å². The van der Waals surface area contributed by atoms with Gasteiger partial charge in [-0.25, -0.2) is 9.37 Å². The number of aromatic nitrogens is 2. The summed E-state index contributed by atoms with van der Waals surface area (Å²) in [6, 6.07) is 11.8. The number of imidazole rings is 1. The van der Waals surface area contributed by atoms with Crippen LogP contribution in [0, 0.1) is 5.82 Å². The zero-order valence-electron chi connectivity index (χ0n) is 14.9. The number of carbonyl (C=O) groups is 1. The highest BCUT2D eigenvalue weighted by Crippen LogP contribution is 2.40. The summed E-state index contributed by atoms with van der Waals surface area (Å²) in [7, 11) is 3.15. The molecule has 0 aliphatic carbocycles. The Bertz CT molecular complexity index is 998. The van der Waals surface area contributed by atoms with Crippen molar-refractivity contribution in [3.05, 3.63) is 65.9 Å². The normalized spacial score (nSPS) is 15.8. The minimum atomic E-state index is -0.308. The number of hydrogen-bond acceptors (Lipinski definition) is 4. The number of fused-ring (bicyclic) bond motifs is 1. The van der Waals surface area contributed by atoms with Crippen molar-refractivity contribution in [3.63, 3.8) is 0 Å². The zero-order valence-corrected chi connectivity index (χ0v) is 14.9. The summed E-state index contributed by atoms with van der Waals surface area (Å²) in [4.78, 5) is 16.6. The molecule has 3 aromatic rings. The van der Waals surface area contributed by atoms with Crippen LogP contribution in [-0.4, -0.2) is 29.7 Å². The topological polar surface area (TPSA) is 65.4 Å². The van der Waals surface area contributed by atoms with Gasteiger partial charge in [-0.1, -0.05) is 6.07 Å². The van der Waals surface area contributed by atoms with E-state index in [2.05, 4.69) is 10.3 Å². The van der Waals surface area contributed by atoms with E-state index >= 15 is 0 Å². The van der Waals surface area contributed by atoms with Crippen LogP contribution in [0.15, 0.2) is 48.8 Å². The fourth-order valence-corrected chi connectivity index (χ4v) is 3.41. The standard InChI is InChI=1S/C20H18FN3O3/c1-26-16-8-3-12(9-17(16)27-2)15-10-18(25)23-20-19(15)24(11-22-20)14-6-4-13(21)5-7-14/h3-9,11,15H,10H2,1-2H3,(H,23,25). The number of halogens is 1. The first-order valence-corrected chi connectivity index (χ1v) is 8.45. The van der Waals surface area contributed by atoms with Crippen molar-refractivity contribution in [2.45, 2.75) is 12.3 Å². The van der Waals surface area contributed by atoms with Crippen LogP contribution in [0.1, 0.15) is 23.6 Å². The summed E-state index contributed by atoms with van der Waals surface area (Å²) in [5.74, 6) is 1.09. The number of nitrogens with zero attached hydrogens (tertiary/aromatic N) is 2. The maximum Gasteiger partial charge on any atom is 0.226 e. The van der Waals surface area contributed by atoms with Gasteiger partial charge in [0.15, 0.2) is 17.3 Å². The third kappa shape index (κ3) is 3.01. The van der Waals surface area contributed by atoms with E-state index in [0.29, 0.717) is 17.3 Å². The van der Waals surface area contributed by atoms with Gasteiger partial charge in [-0.3, -0.25) is 4.79 Å². The Morgan fingerprint density at radius 3 is 2.56 bits per heavy atom. The van der Waals surface area contributed by atoms with E-state index in [1.165, 1.54) is 12.1 Å². The van der Waals surface area contributed by atoms with Gasteiger partial charge in [-0.2, -0.15) is 0 Å². The summed E-state index contributed by atoms with van der Waals surface area (Å²) < 4.78 is 25.9. The first-order chi connectivity index (χ1) is 13.1. The lowest BCUT2D eigenvalue weighted by Crippen LogP contribution is -2.25. The number of hydrogen-bond donors (Lipinski definition) is 1. The molecular weight excluding hydrogens is 349 g/mol. The first kappa shape index (κ1) is 17.1. The van der Waals surface area contributed by atoms with Crippen molar-refractivity contribution in [2.24, 2.45) is 0 Å². The molecule has 1 amide bonds. The van der Waals surface area contributed by atoms with Gasteiger partial charge in [0.2, 0.25) is 5.91 Å². The minimum absolute atomic E-state index is 0.105. The van der Waals surface area contributed by atoms with E-state index in [0.717, 1.165) is 16.9 Å². The Hall–Kier alpha value is -3.35. The predicted octanol–water partition coefficient (Wildman–Crippen LogP) is 3.50. The molecule has 1 aromatic heterocycles. The van der Waals surface area contributed by atoms with Crippen molar-refractivity contribution in [2.75, 3.05) is 19.5 Å². The van der Waals surface area contributed by atoms with Crippen LogP contribution >= 0.6 is 0 Å². The second-order valence-electron chi connectivity index (χ2n) is 6.24. The van der Waals surface area contributed by atoms with E-state index in [1.54, 1.807) is 32.7 Å². The summed E-state index contributed by atoms with van der Waals surface area (Å²) in [5.41, 5.74) is 2.52. The number of benzene rings is 2. The van der Waals surface area contributed by atoms with Crippen molar-refractivity contribution < 1.29 is 18.7 Å². The van der Waals surface area contributed by atoms with Crippen LogP contribution in [0.25, 0.3) is 5.69 Å². The maximum atomic E-state index is 13.3. The Labute approximate surface area is 155 Å². The summed E-state index contributed by atoms with van der Waals surface area (Å²) in [5, 5.41) is 2.81. The van der Waals surface area contributed by atoms with Crippen LogP contribution in [0.3, 0.4) is 0 Å². The highest BCUT2D eigenvalue weighted by atomic mass is 19.1. The molecule has 0 spiro atoms. The molecule has 4 rings (SSSR count). The number of methoxy groups -OCH3 is 2. The van der Waals surface area contributed by atoms with Crippen molar-refractivity contribution in [3.8, 4) is 17.2 Å². The molecule has 0 saturated heterocycles. The first-order valence-electron chi connectivity index (χ1n) is 8.45. The number of anilines is 1. The molecule has 6 nitrogen and oxygen atoms in total. The lowest BCUT2D eigenvalue weighted by atomic mass is 9.89. The zero-order chi connectivity index (χ0) is 19.0. The largest absolute Gasteiger partial charge is 0.493 e. The Morgan fingerprint density at radius 1 is 1.11 bits per heavy atom. The van der Waals surface area contributed by atoms with Gasteiger partial charge in [0.1, 0.15) is 12.1 Å². The van der Waals surface area contributed by atoms with Crippen LogP contribution in [0.5, 0.6) is 11.5 Å².